The third-order valence-corrected chi connectivity index (χ3v) is 4.33. The predicted octanol–water partition coefficient (Wildman–Crippen LogP) is 1.99. The van der Waals surface area contributed by atoms with Crippen LogP contribution in [0, 0.1) is 5.92 Å². The standard InChI is InChI=1S/C13H25NO3/c1-10-7-5-6-8-13(10,12(15)16)14(3)11(2)9-17-4/h10-11H,5-9H2,1-4H3,(H,15,16). The van der Waals surface area contributed by atoms with Gasteiger partial charge in [-0.25, -0.2) is 0 Å². The topological polar surface area (TPSA) is 49.8 Å². The normalized spacial score (nSPS) is 31.5. The van der Waals surface area contributed by atoms with E-state index in [1.165, 1.54) is 0 Å². The maximum atomic E-state index is 11.8. The van der Waals surface area contributed by atoms with E-state index in [1.807, 2.05) is 18.9 Å². The number of nitrogens with zero attached hydrogens (tertiary/aromatic N) is 1. The van der Waals surface area contributed by atoms with Crippen LogP contribution in [0.3, 0.4) is 0 Å². The SMILES string of the molecule is COCC(C)N(C)C1(C(=O)O)CCCCC1C. The molecule has 0 spiro atoms. The van der Waals surface area contributed by atoms with Crippen LogP contribution in [0.25, 0.3) is 0 Å². The fourth-order valence-corrected chi connectivity index (χ4v) is 3.07. The second-order valence-electron chi connectivity index (χ2n) is 5.29. The van der Waals surface area contributed by atoms with Crippen molar-refractivity contribution in [1.29, 1.82) is 0 Å². The number of hydrogen-bond acceptors (Lipinski definition) is 3. The molecule has 0 bridgehead atoms. The van der Waals surface area contributed by atoms with Crippen LogP contribution < -0.4 is 0 Å². The Morgan fingerprint density at radius 1 is 1.59 bits per heavy atom. The highest BCUT2D eigenvalue weighted by Gasteiger charge is 2.49. The van der Waals surface area contributed by atoms with Crippen molar-refractivity contribution in [2.45, 2.75) is 51.1 Å². The molecular weight excluding hydrogens is 218 g/mol. The van der Waals surface area contributed by atoms with Crippen LogP contribution in [-0.2, 0) is 9.53 Å². The number of carbonyl (C=O) groups is 1. The summed E-state index contributed by atoms with van der Waals surface area (Å²) < 4.78 is 5.14. The largest absolute Gasteiger partial charge is 0.480 e. The molecule has 4 heteroatoms. The van der Waals surface area contributed by atoms with Gasteiger partial charge >= 0.3 is 5.97 Å². The summed E-state index contributed by atoms with van der Waals surface area (Å²) in [7, 11) is 3.57. The zero-order chi connectivity index (χ0) is 13.1. The van der Waals surface area contributed by atoms with Crippen molar-refractivity contribution < 1.29 is 14.6 Å². The summed E-state index contributed by atoms with van der Waals surface area (Å²) in [6.07, 6.45) is 3.88. The Hall–Kier alpha value is -0.610. The molecule has 3 unspecified atom stereocenters. The first-order chi connectivity index (χ1) is 7.96. The van der Waals surface area contributed by atoms with Crippen LogP contribution in [-0.4, -0.2) is 48.3 Å². The lowest BCUT2D eigenvalue weighted by Gasteiger charge is -2.47. The molecule has 1 fully saturated rings. The zero-order valence-corrected chi connectivity index (χ0v) is 11.4. The van der Waals surface area contributed by atoms with Crippen LogP contribution in [0.2, 0.25) is 0 Å². The highest BCUT2D eigenvalue weighted by molar-refractivity contribution is 5.79. The van der Waals surface area contributed by atoms with E-state index in [9.17, 15) is 9.90 Å². The number of likely N-dealkylation sites (N-methyl/N-ethyl adjacent to an activating group) is 1. The Morgan fingerprint density at radius 3 is 2.71 bits per heavy atom. The molecule has 0 amide bonds. The number of ether oxygens (including phenoxy) is 1. The smallest absolute Gasteiger partial charge is 0.324 e. The van der Waals surface area contributed by atoms with Gasteiger partial charge in [-0.05, 0) is 32.7 Å². The third kappa shape index (κ3) is 2.63. The molecule has 0 heterocycles. The van der Waals surface area contributed by atoms with Gasteiger partial charge in [-0.2, -0.15) is 0 Å². The van der Waals surface area contributed by atoms with Gasteiger partial charge in [0.1, 0.15) is 5.54 Å². The van der Waals surface area contributed by atoms with Crippen LogP contribution in [0.4, 0.5) is 0 Å². The second kappa shape index (κ2) is 5.83. The number of carboxylic acid groups (broad SMARTS) is 1. The van der Waals surface area contributed by atoms with Gasteiger partial charge in [-0.15, -0.1) is 0 Å². The quantitative estimate of drug-likeness (QED) is 0.802. The zero-order valence-electron chi connectivity index (χ0n) is 11.4. The monoisotopic (exact) mass is 243 g/mol. The lowest BCUT2D eigenvalue weighted by molar-refractivity contribution is -0.160. The van der Waals surface area contributed by atoms with Crippen LogP contribution in [0.1, 0.15) is 39.5 Å². The minimum atomic E-state index is -0.712. The summed E-state index contributed by atoms with van der Waals surface area (Å²) in [5.74, 6) is -0.492. The average Bonchev–Trinajstić information content (AvgIpc) is 2.29. The van der Waals surface area contributed by atoms with Gasteiger partial charge in [-0.3, -0.25) is 9.69 Å². The van der Waals surface area contributed by atoms with E-state index in [1.54, 1.807) is 7.11 Å². The van der Waals surface area contributed by atoms with E-state index >= 15 is 0 Å². The summed E-state index contributed by atoms with van der Waals surface area (Å²) in [5.41, 5.74) is -0.712. The summed E-state index contributed by atoms with van der Waals surface area (Å²) in [4.78, 5) is 13.8. The summed E-state index contributed by atoms with van der Waals surface area (Å²) >= 11 is 0. The fourth-order valence-electron chi connectivity index (χ4n) is 3.07. The van der Waals surface area contributed by atoms with Crippen molar-refractivity contribution in [3.8, 4) is 0 Å². The average molecular weight is 243 g/mol. The number of rotatable bonds is 5. The van der Waals surface area contributed by atoms with Crippen LogP contribution in [0.5, 0.6) is 0 Å². The van der Waals surface area contributed by atoms with E-state index in [0.29, 0.717) is 6.61 Å². The summed E-state index contributed by atoms with van der Waals surface area (Å²) in [6.45, 7) is 4.65. The summed E-state index contributed by atoms with van der Waals surface area (Å²) in [5, 5.41) is 9.66. The molecule has 17 heavy (non-hydrogen) atoms. The van der Waals surface area contributed by atoms with E-state index in [0.717, 1.165) is 25.7 Å². The van der Waals surface area contributed by atoms with Gasteiger partial charge < -0.3 is 9.84 Å². The van der Waals surface area contributed by atoms with E-state index < -0.39 is 11.5 Å². The maximum absolute atomic E-state index is 11.8. The lowest BCUT2D eigenvalue weighted by Crippen LogP contribution is -2.61. The van der Waals surface area contributed by atoms with Crippen molar-refractivity contribution in [1.82, 2.24) is 4.90 Å². The number of hydrogen-bond donors (Lipinski definition) is 1. The Balaban J connectivity index is 2.94. The lowest BCUT2D eigenvalue weighted by atomic mass is 9.72. The van der Waals surface area contributed by atoms with Gasteiger partial charge in [0.05, 0.1) is 6.61 Å². The molecule has 0 radical (unpaired) electrons. The molecule has 0 aromatic heterocycles. The Bertz CT molecular complexity index is 269. The van der Waals surface area contributed by atoms with Crippen LogP contribution in [0.15, 0.2) is 0 Å². The molecule has 100 valence electrons. The molecule has 1 saturated carbocycles. The minimum absolute atomic E-state index is 0.122. The summed E-state index contributed by atoms with van der Waals surface area (Å²) in [6, 6.07) is 0.122. The first-order valence-electron chi connectivity index (χ1n) is 6.42. The molecule has 4 nitrogen and oxygen atoms in total. The van der Waals surface area contributed by atoms with E-state index in [-0.39, 0.29) is 12.0 Å². The Kier molecular flexibility index (Phi) is 4.95. The number of carboxylic acids is 1. The van der Waals surface area contributed by atoms with Gasteiger partial charge in [0, 0.05) is 13.2 Å². The third-order valence-electron chi connectivity index (χ3n) is 4.33. The Morgan fingerprint density at radius 2 is 2.24 bits per heavy atom. The molecule has 1 N–H and O–H groups in total. The van der Waals surface area contributed by atoms with E-state index in [2.05, 4.69) is 6.92 Å². The van der Waals surface area contributed by atoms with Gasteiger partial charge in [0.25, 0.3) is 0 Å². The second-order valence-corrected chi connectivity index (χ2v) is 5.29. The molecule has 0 aliphatic heterocycles. The van der Waals surface area contributed by atoms with Gasteiger partial charge in [0.2, 0.25) is 0 Å². The van der Waals surface area contributed by atoms with Crippen molar-refractivity contribution in [3.63, 3.8) is 0 Å². The van der Waals surface area contributed by atoms with Crippen molar-refractivity contribution >= 4 is 5.97 Å². The van der Waals surface area contributed by atoms with Crippen LogP contribution >= 0.6 is 0 Å². The maximum Gasteiger partial charge on any atom is 0.324 e. The van der Waals surface area contributed by atoms with E-state index in [4.69, 9.17) is 4.74 Å². The van der Waals surface area contributed by atoms with Crippen molar-refractivity contribution in [2.24, 2.45) is 5.92 Å². The van der Waals surface area contributed by atoms with Gasteiger partial charge in [0.15, 0.2) is 0 Å². The first-order valence-corrected chi connectivity index (χ1v) is 6.42. The number of methoxy groups -OCH3 is 1. The molecular formula is C13H25NO3. The molecule has 1 aliphatic rings. The Labute approximate surface area is 104 Å². The van der Waals surface area contributed by atoms with Crippen molar-refractivity contribution in [2.75, 3.05) is 20.8 Å². The predicted molar refractivity (Wildman–Crippen MR) is 67.1 cm³/mol. The molecule has 0 aromatic carbocycles. The molecule has 1 rings (SSSR count). The number of aliphatic carboxylic acids is 1. The minimum Gasteiger partial charge on any atom is -0.480 e. The highest BCUT2D eigenvalue weighted by atomic mass is 16.5. The first kappa shape index (κ1) is 14.5. The fraction of sp³-hybridized carbons (Fsp3) is 0.923. The molecule has 0 saturated heterocycles. The van der Waals surface area contributed by atoms with Crippen molar-refractivity contribution in [3.05, 3.63) is 0 Å². The molecule has 1 aliphatic carbocycles. The highest BCUT2D eigenvalue weighted by Crippen LogP contribution is 2.39. The molecule has 0 aromatic rings. The van der Waals surface area contributed by atoms with Gasteiger partial charge in [-0.1, -0.05) is 19.8 Å². The molecule has 3 atom stereocenters.